The number of hydrogen-bond donors (Lipinski definition) is 3. The maximum atomic E-state index is 12.0. The third kappa shape index (κ3) is 3.69. The van der Waals surface area contributed by atoms with Crippen molar-refractivity contribution in [1.29, 1.82) is 0 Å². The van der Waals surface area contributed by atoms with Gasteiger partial charge in [-0.15, -0.1) is 0 Å². The van der Waals surface area contributed by atoms with Crippen molar-refractivity contribution in [3.8, 4) is 0 Å². The van der Waals surface area contributed by atoms with Crippen LogP contribution in [0.1, 0.15) is 51.9 Å². The van der Waals surface area contributed by atoms with E-state index >= 15 is 0 Å². The summed E-state index contributed by atoms with van der Waals surface area (Å²) in [5.74, 6) is 0.686. The molecule has 18 heavy (non-hydrogen) atoms. The van der Waals surface area contributed by atoms with E-state index in [1.54, 1.807) is 0 Å². The molecule has 104 valence electrons. The lowest BCUT2D eigenvalue weighted by Crippen LogP contribution is -2.46. The summed E-state index contributed by atoms with van der Waals surface area (Å²) in [5, 5.41) is 15.6. The van der Waals surface area contributed by atoms with Crippen LogP contribution in [-0.2, 0) is 4.79 Å². The third-order valence-electron chi connectivity index (χ3n) is 4.40. The molecule has 3 atom stereocenters. The van der Waals surface area contributed by atoms with E-state index in [0.29, 0.717) is 18.9 Å². The van der Waals surface area contributed by atoms with Crippen molar-refractivity contribution in [2.24, 2.45) is 5.92 Å². The Morgan fingerprint density at radius 3 is 2.50 bits per heavy atom. The van der Waals surface area contributed by atoms with Gasteiger partial charge in [-0.3, -0.25) is 4.79 Å². The zero-order chi connectivity index (χ0) is 13.0. The van der Waals surface area contributed by atoms with Gasteiger partial charge in [0.25, 0.3) is 0 Å². The summed E-state index contributed by atoms with van der Waals surface area (Å²) >= 11 is 0. The summed E-state index contributed by atoms with van der Waals surface area (Å²) in [5.41, 5.74) is 0. The molecule has 2 rings (SSSR count). The first kappa shape index (κ1) is 13.8. The predicted molar refractivity (Wildman–Crippen MR) is 71.2 cm³/mol. The Labute approximate surface area is 110 Å². The van der Waals surface area contributed by atoms with E-state index in [-0.39, 0.29) is 24.1 Å². The molecule has 0 bridgehead atoms. The molecule has 1 amide bonds. The van der Waals surface area contributed by atoms with Gasteiger partial charge in [-0.2, -0.15) is 0 Å². The first-order valence-electron chi connectivity index (χ1n) is 7.38. The molecule has 0 spiro atoms. The molecule has 2 fully saturated rings. The fraction of sp³-hybridized carbons (Fsp3) is 0.929. The topological polar surface area (TPSA) is 61.4 Å². The molecule has 4 nitrogen and oxygen atoms in total. The molecule has 0 aromatic heterocycles. The maximum Gasteiger partial charge on any atom is 0.237 e. The molecular formula is C14H26N2O2. The van der Waals surface area contributed by atoms with Gasteiger partial charge in [0, 0.05) is 12.6 Å². The Balaban J connectivity index is 1.78. The van der Waals surface area contributed by atoms with Gasteiger partial charge in [0.15, 0.2) is 0 Å². The second kappa shape index (κ2) is 6.53. The number of amides is 1. The first-order chi connectivity index (χ1) is 8.66. The van der Waals surface area contributed by atoms with Crippen molar-refractivity contribution in [3.05, 3.63) is 0 Å². The van der Waals surface area contributed by atoms with Crippen molar-refractivity contribution in [3.63, 3.8) is 0 Å². The fourth-order valence-corrected chi connectivity index (χ4v) is 3.17. The van der Waals surface area contributed by atoms with Crippen LogP contribution in [-0.4, -0.2) is 35.7 Å². The number of nitrogens with one attached hydrogen (secondary N) is 2. The highest BCUT2D eigenvalue weighted by Crippen LogP contribution is 2.25. The molecule has 1 aliphatic carbocycles. The average molecular weight is 254 g/mol. The van der Waals surface area contributed by atoms with Crippen LogP contribution in [0.3, 0.4) is 0 Å². The lowest BCUT2D eigenvalue weighted by atomic mass is 9.93. The highest BCUT2D eigenvalue weighted by Gasteiger charge is 2.30. The summed E-state index contributed by atoms with van der Waals surface area (Å²) in [4.78, 5) is 12.0. The van der Waals surface area contributed by atoms with Crippen molar-refractivity contribution in [2.75, 3.05) is 6.54 Å². The summed E-state index contributed by atoms with van der Waals surface area (Å²) in [6.45, 7) is 2.66. The summed E-state index contributed by atoms with van der Waals surface area (Å²) in [6, 6.07) is 0.0587. The van der Waals surface area contributed by atoms with Gasteiger partial charge in [-0.1, -0.05) is 25.7 Å². The first-order valence-corrected chi connectivity index (χ1v) is 7.38. The third-order valence-corrected chi connectivity index (χ3v) is 4.40. The Bertz CT molecular complexity index is 275. The largest absolute Gasteiger partial charge is 0.392 e. The molecule has 3 N–H and O–H groups in total. The van der Waals surface area contributed by atoms with Gasteiger partial charge in [0.05, 0.1) is 12.1 Å². The van der Waals surface area contributed by atoms with E-state index < -0.39 is 0 Å². The molecule has 4 heteroatoms. The maximum absolute atomic E-state index is 12.0. The minimum Gasteiger partial charge on any atom is -0.392 e. The number of β-amino-alcohol motifs (C(OH)–C–C–N with tert-alkyl or cyclic N) is 1. The number of hydrogen-bond acceptors (Lipinski definition) is 3. The summed E-state index contributed by atoms with van der Waals surface area (Å²) < 4.78 is 0. The highest BCUT2D eigenvalue weighted by molar-refractivity contribution is 5.82. The van der Waals surface area contributed by atoms with E-state index in [0.717, 1.165) is 0 Å². The second-order valence-electron chi connectivity index (χ2n) is 5.90. The van der Waals surface area contributed by atoms with Crippen molar-refractivity contribution < 1.29 is 9.90 Å². The van der Waals surface area contributed by atoms with Crippen LogP contribution in [0.4, 0.5) is 0 Å². The van der Waals surface area contributed by atoms with E-state index in [1.807, 2.05) is 0 Å². The molecule has 1 aliphatic heterocycles. The van der Waals surface area contributed by atoms with Crippen LogP contribution in [0, 0.1) is 5.92 Å². The van der Waals surface area contributed by atoms with Gasteiger partial charge >= 0.3 is 0 Å². The Hall–Kier alpha value is -0.610. The van der Waals surface area contributed by atoms with E-state index in [1.165, 1.54) is 38.5 Å². The molecule has 2 unspecified atom stereocenters. The van der Waals surface area contributed by atoms with Crippen molar-refractivity contribution in [1.82, 2.24) is 10.6 Å². The fourth-order valence-electron chi connectivity index (χ4n) is 3.17. The minimum absolute atomic E-state index is 0.0586. The van der Waals surface area contributed by atoms with Gasteiger partial charge < -0.3 is 15.7 Å². The van der Waals surface area contributed by atoms with Gasteiger partial charge in [0.2, 0.25) is 5.91 Å². The average Bonchev–Trinajstić information content (AvgIpc) is 2.63. The van der Waals surface area contributed by atoms with Crippen LogP contribution in [0.15, 0.2) is 0 Å². The van der Waals surface area contributed by atoms with E-state index in [9.17, 15) is 9.90 Å². The molecule has 1 saturated heterocycles. The van der Waals surface area contributed by atoms with E-state index in [4.69, 9.17) is 0 Å². The predicted octanol–water partition coefficient (Wildman–Crippen LogP) is 1.18. The molecular weight excluding hydrogens is 228 g/mol. The normalized spacial score (nSPS) is 31.9. The van der Waals surface area contributed by atoms with E-state index in [2.05, 4.69) is 17.6 Å². The number of carbonyl (C=O) groups excluding carboxylic acids is 1. The van der Waals surface area contributed by atoms with Crippen LogP contribution in [0.5, 0.6) is 0 Å². The molecule has 0 aromatic carbocycles. The summed E-state index contributed by atoms with van der Waals surface area (Å²) in [7, 11) is 0. The van der Waals surface area contributed by atoms with Gasteiger partial charge in [0.1, 0.15) is 0 Å². The van der Waals surface area contributed by atoms with Crippen molar-refractivity contribution in [2.45, 2.75) is 70.1 Å². The van der Waals surface area contributed by atoms with Crippen LogP contribution < -0.4 is 10.6 Å². The molecule has 1 heterocycles. The second-order valence-corrected chi connectivity index (χ2v) is 5.90. The smallest absolute Gasteiger partial charge is 0.237 e. The monoisotopic (exact) mass is 254 g/mol. The SMILES string of the molecule is C[C@@H](NC(=O)C1CC(O)CN1)C1CCCCCC1. The number of aliphatic hydroxyl groups excluding tert-OH is 1. The lowest BCUT2D eigenvalue weighted by molar-refractivity contribution is -0.123. The Kier molecular flexibility index (Phi) is 5.01. The Morgan fingerprint density at radius 2 is 1.94 bits per heavy atom. The number of carbonyl (C=O) groups is 1. The number of rotatable bonds is 3. The molecule has 0 aromatic rings. The molecule has 2 aliphatic rings. The highest BCUT2D eigenvalue weighted by atomic mass is 16.3. The van der Waals surface area contributed by atoms with Crippen LogP contribution in [0.2, 0.25) is 0 Å². The van der Waals surface area contributed by atoms with Crippen LogP contribution >= 0.6 is 0 Å². The number of aliphatic hydroxyl groups is 1. The quantitative estimate of drug-likeness (QED) is 0.663. The lowest BCUT2D eigenvalue weighted by Gasteiger charge is -2.25. The van der Waals surface area contributed by atoms with Gasteiger partial charge in [-0.25, -0.2) is 0 Å². The minimum atomic E-state index is -0.367. The molecule has 0 radical (unpaired) electrons. The van der Waals surface area contributed by atoms with Crippen LogP contribution in [0.25, 0.3) is 0 Å². The van der Waals surface area contributed by atoms with Gasteiger partial charge in [-0.05, 0) is 32.1 Å². The molecule has 1 saturated carbocycles. The zero-order valence-electron chi connectivity index (χ0n) is 11.3. The standard InChI is InChI=1S/C14H26N2O2/c1-10(11-6-4-2-3-5-7-11)16-14(18)13-8-12(17)9-15-13/h10-13,15,17H,2-9H2,1H3,(H,16,18)/t10-,12?,13?/m1/s1. The Morgan fingerprint density at radius 1 is 1.28 bits per heavy atom. The zero-order valence-corrected chi connectivity index (χ0v) is 11.3. The van der Waals surface area contributed by atoms with Crippen molar-refractivity contribution >= 4 is 5.91 Å². The summed E-state index contributed by atoms with van der Waals surface area (Å²) in [6.07, 6.45) is 7.93.